The van der Waals surface area contributed by atoms with Gasteiger partial charge >= 0.3 is 5.97 Å². The molecule has 1 aliphatic rings. The van der Waals surface area contributed by atoms with E-state index in [-0.39, 0.29) is 24.2 Å². The largest absolute Gasteiger partial charge is 0.465 e. The van der Waals surface area contributed by atoms with Crippen molar-refractivity contribution in [3.8, 4) is 11.1 Å². The highest BCUT2D eigenvalue weighted by Crippen LogP contribution is 2.24. The van der Waals surface area contributed by atoms with Crippen LogP contribution in [-0.4, -0.2) is 38.5 Å². The van der Waals surface area contributed by atoms with E-state index in [1.54, 1.807) is 6.07 Å². The molecule has 0 aliphatic carbocycles. The highest BCUT2D eigenvalue weighted by Gasteiger charge is 2.14. The van der Waals surface area contributed by atoms with E-state index in [2.05, 4.69) is 16.7 Å². The van der Waals surface area contributed by atoms with Gasteiger partial charge in [-0.25, -0.2) is 4.79 Å². The first kappa shape index (κ1) is 22.9. The fourth-order valence-corrected chi connectivity index (χ4v) is 3.57. The minimum Gasteiger partial charge on any atom is -0.465 e. The van der Waals surface area contributed by atoms with Crippen LogP contribution >= 0.6 is 12.4 Å². The van der Waals surface area contributed by atoms with Gasteiger partial charge in [0.15, 0.2) is 0 Å². The van der Waals surface area contributed by atoms with Gasteiger partial charge in [-0.2, -0.15) is 0 Å². The number of nitrogen functional groups attached to an aromatic ring is 1. The molecule has 1 saturated heterocycles. The zero-order valence-electron chi connectivity index (χ0n) is 16.7. The zero-order chi connectivity index (χ0) is 19.9. The van der Waals surface area contributed by atoms with Crippen LogP contribution in [0.2, 0.25) is 0 Å². The molecule has 0 saturated carbocycles. The van der Waals surface area contributed by atoms with Crippen LogP contribution in [0.4, 0.5) is 0 Å². The van der Waals surface area contributed by atoms with Gasteiger partial charge in [0.1, 0.15) is 5.84 Å². The molecule has 0 amide bonds. The third-order valence-electron chi connectivity index (χ3n) is 5.14. The number of hydrogen-bond donors (Lipinski definition) is 4. The number of piperidine rings is 1. The van der Waals surface area contributed by atoms with E-state index in [0.29, 0.717) is 23.6 Å². The van der Waals surface area contributed by atoms with Gasteiger partial charge < -0.3 is 21.1 Å². The number of esters is 1. The third-order valence-corrected chi connectivity index (χ3v) is 5.14. The van der Waals surface area contributed by atoms with Gasteiger partial charge in [-0.3, -0.25) is 5.41 Å². The molecule has 156 valence electrons. The SMILES string of the molecule is COC(=O)c1cc(CNCC2CCNCC2)cc(-c2cccc(C(=N)N)c2)c1.Cl. The number of benzene rings is 2. The summed E-state index contributed by atoms with van der Waals surface area (Å²) in [6.07, 6.45) is 2.39. The van der Waals surface area contributed by atoms with Crippen LogP contribution < -0.4 is 16.4 Å². The van der Waals surface area contributed by atoms with Crippen LogP contribution in [-0.2, 0) is 11.3 Å². The summed E-state index contributed by atoms with van der Waals surface area (Å²) in [5.41, 5.74) is 9.65. The van der Waals surface area contributed by atoms with Gasteiger partial charge in [-0.1, -0.05) is 18.2 Å². The number of nitrogens with one attached hydrogen (secondary N) is 3. The Bertz CT molecular complexity index is 850. The molecule has 7 heteroatoms. The number of hydrogen-bond acceptors (Lipinski definition) is 5. The summed E-state index contributed by atoms with van der Waals surface area (Å²) in [4.78, 5) is 12.1. The van der Waals surface area contributed by atoms with Crippen molar-refractivity contribution < 1.29 is 9.53 Å². The maximum Gasteiger partial charge on any atom is 0.337 e. The Balaban J connectivity index is 0.00000300. The average molecular weight is 417 g/mol. The van der Waals surface area contributed by atoms with Crippen LogP contribution in [0.25, 0.3) is 11.1 Å². The zero-order valence-corrected chi connectivity index (χ0v) is 17.5. The molecule has 5 N–H and O–H groups in total. The number of carbonyl (C=O) groups is 1. The molecule has 0 radical (unpaired) electrons. The second-order valence-electron chi connectivity index (χ2n) is 7.23. The molecule has 0 atom stereocenters. The topological polar surface area (TPSA) is 100 Å². The molecule has 2 aromatic rings. The van der Waals surface area contributed by atoms with Gasteiger partial charge in [0.05, 0.1) is 12.7 Å². The molecule has 3 rings (SSSR count). The van der Waals surface area contributed by atoms with E-state index in [1.165, 1.54) is 20.0 Å². The lowest BCUT2D eigenvalue weighted by Gasteiger charge is -2.23. The van der Waals surface area contributed by atoms with Crippen molar-refractivity contribution in [1.82, 2.24) is 10.6 Å². The Morgan fingerprint density at radius 2 is 1.90 bits per heavy atom. The first-order valence-electron chi connectivity index (χ1n) is 9.65. The van der Waals surface area contributed by atoms with Gasteiger partial charge in [0.2, 0.25) is 0 Å². The van der Waals surface area contributed by atoms with E-state index in [9.17, 15) is 4.79 Å². The summed E-state index contributed by atoms with van der Waals surface area (Å²) in [5.74, 6) is 0.357. The Labute approximate surface area is 178 Å². The Hall–Kier alpha value is -2.41. The minimum atomic E-state index is -0.357. The maximum absolute atomic E-state index is 12.1. The molecule has 0 spiro atoms. The van der Waals surface area contributed by atoms with Crippen molar-refractivity contribution in [2.24, 2.45) is 11.7 Å². The second-order valence-corrected chi connectivity index (χ2v) is 7.23. The van der Waals surface area contributed by atoms with E-state index in [4.69, 9.17) is 15.9 Å². The second kappa shape index (κ2) is 11.0. The summed E-state index contributed by atoms with van der Waals surface area (Å²) >= 11 is 0. The summed E-state index contributed by atoms with van der Waals surface area (Å²) in [5, 5.41) is 14.6. The molecule has 1 fully saturated rings. The van der Waals surface area contributed by atoms with E-state index in [1.807, 2.05) is 30.3 Å². The molecule has 6 nitrogen and oxygen atoms in total. The van der Waals surface area contributed by atoms with Crippen LogP contribution in [0.5, 0.6) is 0 Å². The molecule has 1 aliphatic heterocycles. The summed E-state index contributed by atoms with van der Waals surface area (Å²) in [6.45, 7) is 3.83. The molecule has 0 aromatic heterocycles. The fraction of sp³-hybridized carbons (Fsp3) is 0.364. The van der Waals surface area contributed by atoms with Crippen molar-refractivity contribution in [1.29, 1.82) is 5.41 Å². The fourth-order valence-electron chi connectivity index (χ4n) is 3.57. The van der Waals surface area contributed by atoms with Crippen LogP contribution in [0, 0.1) is 11.3 Å². The first-order chi connectivity index (χ1) is 13.6. The van der Waals surface area contributed by atoms with Crippen molar-refractivity contribution >= 4 is 24.2 Å². The highest BCUT2D eigenvalue weighted by molar-refractivity contribution is 5.96. The molecule has 0 bridgehead atoms. The van der Waals surface area contributed by atoms with Crippen LogP contribution in [0.15, 0.2) is 42.5 Å². The van der Waals surface area contributed by atoms with Crippen molar-refractivity contribution in [2.75, 3.05) is 26.7 Å². The number of methoxy groups -OCH3 is 1. The number of halogens is 1. The number of nitrogens with two attached hydrogens (primary N) is 1. The standard InChI is InChI=1S/C22H28N4O2.ClH/c1-28-22(27)20-10-16(14-26-13-15-5-7-25-8-6-15)9-19(12-20)17-3-2-4-18(11-17)21(23)24;/h2-4,9-12,15,25-26H,5-8,13-14H2,1H3,(H3,23,24);1H. The van der Waals surface area contributed by atoms with E-state index in [0.717, 1.165) is 36.3 Å². The molecule has 0 unspecified atom stereocenters. The minimum absolute atomic E-state index is 0. The lowest BCUT2D eigenvalue weighted by atomic mass is 9.97. The van der Waals surface area contributed by atoms with Crippen molar-refractivity contribution in [2.45, 2.75) is 19.4 Å². The smallest absolute Gasteiger partial charge is 0.337 e. The highest BCUT2D eigenvalue weighted by atomic mass is 35.5. The molecular weight excluding hydrogens is 388 g/mol. The summed E-state index contributed by atoms with van der Waals surface area (Å²) in [7, 11) is 1.39. The van der Waals surface area contributed by atoms with Gasteiger partial charge in [0.25, 0.3) is 0 Å². The van der Waals surface area contributed by atoms with E-state index < -0.39 is 0 Å². The quantitative estimate of drug-likeness (QED) is 0.316. The average Bonchev–Trinajstić information content (AvgIpc) is 2.73. The summed E-state index contributed by atoms with van der Waals surface area (Å²) < 4.78 is 4.92. The number of rotatable bonds is 7. The first-order valence-corrected chi connectivity index (χ1v) is 9.65. The Kier molecular flexibility index (Phi) is 8.64. The Morgan fingerprint density at radius 1 is 1.17 bits per heavy atom. The lowest BCUT2D eigenvalue weighted by Crippen LogP contribution is -2.33. The summed E-state index contributed by atoms with van der Waals surface area (Å²) in [6, 6.07) is 13.3. The normalized spacial score (nSPS) is 14.1. The predicted octanol–water partition coefficient (Wildman–Crippen LogP) is 2.94. The Morgan fingerprint density at radius 3 is 2.59 bits per heavy atom. The number of ether oxygens (including phenoxy) is 1. The molecular formula is C22H29ClN4O2. The van der Waals surface area contributed by atoms with Gasteiger partial charge in [0, 0.05) is 12.1 Å². The van der Waals surface area contributed by atoms with Crippen molar-refractivity contribution in [3.05, 3.63) is 59.2 Å². The number of amidine groups is 1. The lowest BCUT2D eigenvalue weighted by molar-refractivity contribution is 0.0600. The predicted molar refractivity (Wildman–Crippen MR) is 119 cm³/mol. The number of carbonyl (C=O) groups excluding carboxylic acids is 1. The molecule has 29 heavy (non-hydrogen) atoms. The van der Waals surface area contributed by atoms with Gasteiger partial charge in [-0.15, -0.1) is 12.4 Å². The van der Waals surface area contributed by atoms with Gasteiger partial charge in [-0.05, 0) is 79.3 Å². The van der Waals surface area contributed by atoms with Crippen molar-refractivity contribution in [3.63, 3.8) is 0 Å². The van der Waals surface area contributed by atoms with Crippen LogP contribution in [0.3, 0.4) is 0 Å². The molecule has 1 heterocycles. The van der Waals surface area contributed by atoms with E-state index >= 15 is 0 Å². The third kappa shape index (κ3) is 6.29. The van der Waals surface area contributed by atoms with Crippen LogP contribution in [0.1, 0.15) is 34.3 Å². The monoisotopic (exact) mass is 416 g/mol. The molecule has 2 aromatic carbocycles. The maximum atomic E-state index is 12.1.